The number of hydrazine groups is 1. The molecule has 140 valence electrons. The predicted octanol–water partition coefficient (Wildman–Crippen LogP) is 2.42. The maximum absolute atomic E-state index is 12.5. The minimum absolute atomic E-state index is 0.142. The van der Waals surface area contributed by atoms with Crippen LogP contribution in [0.25, 0.3) is 0 Å². The number of halogens is 1. The van der Waals surface area contributed by atoms with Gasteiger partial charge < -0.3 is 9.40 Å². The lowest BCUT2D eigenvalue weighted by Gasteiger charge is -2.07. The van der Waals surface area contributed by atoms with Gasteiger partial charge in [-0.3, -0.25) is 20.4 Å². The summed E-state index contributed by atoms with van der Waals surface area (Å²) in [5, 5.41) is 0. The van der Waals surface area contributed by atoms with Crippen molar-refractivity contribution in [2.24, 2.45) is 0 Å². The number of benzene rings is 1. The molecule has 3 N–H and O–H groups in total. The average molecular weight is 452 g/mol. The zero-order valence-electron chi connectivity index (χ0n) is 13.7. The second-order valence-corrected chi connectivity index (χ2v) is 8.39. The average Bonchev–Trinajstić information content (AvgIpc) is 3.29. The summed E-state index contributed by atoms with van der Waals surface area (Å²) >= 11 is 3.20. The standard InChI is InChI=1S/C17H14BrN3O5S/c18-12-8-14(19-9-12)16(22)20-21-17(23)15-11(6-7-26-15)10-27(24,25)13-4-2-1-3-5-13/h1-9,19H,10H2,(H,20,22)(H,21,23). The van der Waals surface area contributed by atoms with Crippen molar-refractivity contribution in [2.75, 3.05) is 0 Å². The highest BCUT2D eigenvalue weighted by Crippen LogP contribution is 2.19. The fourth-order valence-electron chi connectivity index (χ4n) is 2.30. The lowest BCUT2D eigenvalue weighted by atomic mass is 10.3. The molecule has 2 amide bonds. The van der Waals surface area contributed by atoms with Crippen molar-refractivity contribution in [1.82, 2.24) is 15.8 Å². The number of hydrogen-bond donors (Lipinski definition) is 3. The Hall–Kier alpha value is -2.85. The summed E-state index contributed by atoms with van der Waals surface area (Å²) < 4.78 is 30.7. The molecule has 0 radical (unpaired) electrons. The first-order chi connectivity index (χ1) is 12.9. The van der Waals surface area contributed by atoms with Crippen molar-refractivity contribution in [2.45, 2.75) is 10.6 Å². The lowest BCUT2D eigenvalue weighted by Crippen LogP contribution is -2.42. The van der Waals surface area contributed by atoms with Gasteiger partial charge in [-0.2, -0.15) is 0 Å². The number of H-pyrrole nitrogens is 1. The second kappa shape index (κ2) is 7.80. The Labute approximate surface area is 163 Å². The van der Waals surface area contributed by atoms with Crippen LogP contribution in [-0.2, 0) is 15.6 Å². The van der Waals surface area contributed by atoms with Crippen molar-refractivity contribution in [1.29, 1.82) is 0 Å². The highest BCUT2D eigenvalue weighted by molar-refractivity contribution is 9.10. The van der Waals surface area contributed by atoms with Crippen molar-refractivity contribution < 1.29 is 22.4 Å². The van der Waals surface area contributed by atoms with E-state index in [-0.39, 0.29) is 21.9 Å². The number of aromatic nitrogens is 1. The number of sulfone groups is 1. The number of hydrogen-bond acceptors (Lipinski definition) is 5. The number of furan rings is 1. The Balaban J connectivity index is 1.69. The van der Waals surface area contributed by atoms with Crippen LogP contribution in [-0.4, -0.2) is 25.2 Å². The van der Waals surface area contributed by atoms with Crippen LogP contribution in [0.5, 0.6) is 0 Å². The molecule has 0 aliphatic rings. The van der Waals surface area contributed by atoms with Gasteiger partial charge in [0, 0.05) is 16.2 Å². The first-order valence-corrected chi connectivity index (χ1v) is 10.1. The minimum Gasteiger partial charge on any atom is -0.459 e. The van der Waals surface area contributed by atoms with Gasteiger partial charge in [0.2, 0.25) is 0 Å². The molecule has 0 aliphatic carbocycles. The van der Waals surface area contributed by atoms with E-state index in [4.69, 9.17) is 4.42 Å². The summed E-state index contributed by atoms with van der Waals surface area (Å²) in [6.45, 7) is 0. The summed E-state index contributed by atoms with van der Waals surface area (Å²) in [6.07, 6.45) is 2.78. The maximum Gasteiger partial charge on any atom is 0.305 e. The van der Waals surface area contributed by atoms with E-state index in [9.17, 15) is 18.0 Å². The Morgan fingerprint density at radius 1 is 1.07 bits per heavy atom. The maximum atomic E-state index is 12.5. The molecule has 0 fully saturated rings. The quantitative estimate of drug-likeness (QED) is 0.514. The van der Waals surface area contributed by atoms with E-state index in [2.05, 4.69) is 31.8 Å². The Morgan fingerprint density at radius 3 is 2.44 bits per heavy atom. The fraction of sp³-hybridized carbons (Fsp3) is 0.0588. The highest BCUT2D eigenvalue weighted by atomic mass is 79.9. The van der Waals surface area contributed by atoms with Crippen LogP contribution >= 0.6 is 15.9 Å². The van der Waals surface area contributed by atoms with Crippen molar-refractivity contribution in [3.8, 4) is 0 Å². The second-order valence-electron chi connectivity index (χ2n) is 5.49. The number of aromatic amines is 1. The molecule has 0 spiro atoms. The smallest absolute Gasteiger partial charge is 0.305 e. The van der Waals surface area contributed by atoms with E-state index in [0.717, 1.165) is 0 Å². The predicted molar refractivity (Wildman–Crippen MR) is 99.5 cm³/mol. The molecule has 0 saturated carbocycles. The molecule has 0 atom stereocenters. The molecule has 8 nitrogen and oxygen atoms in total. The van der Waals surface area contributed by atoms with Gasteiger partial charge in [0.25, 0.3) is 5.91 Å². The molecule has 0 unspecified atom stereocenters. The Kier molecular flexibility index (Phi) is 5.47. The van der Waals surface area contributed by atoms with E-state index >= 15 is 0 Å². The van der Waals surface area contributed by atoms with Gasteiger partial charge in [-0.15, -0.1) is 0 Å². The molecular weight excluding hydrogens is 438 g/mol. The van der Waals surface area contributed by atoms with E-state index < -0.39 is 27.4 Å². The molecule has 10 heteroatoms. The van der Waals surface area contributed by atoms with Gasteiger partial charge in [0.1, 0.15) is 5.69 Å². The van der Waals surface area contributed by atoms with E-state index in [1.807, 2.05) is 0 Å². The first kappa shape index (κ1) is 18.9. The third-order valence-electron chi connectivity index (χ3n) is 3.58. The van der Waals surface area contributed by atoms with Crippen LogP contribution in [0, 0.1) is 0 Å². The number of carbonyl (C=O) groups is 2. The van der Waals surface area contributed by atoms with Gasteiger partial charge in [-0.05, 0) is 40.2 Å². The Bertz CT molecular complexity index is 1070. The van der Waals surface area contributed by atoms with Crippen LogP contribution in [0.15, 0.2) is 68.7 Å². The van der Waals surface area contributed by atoms with Gasteiger partial charge >= 0.3 is 5.91 Å². The zero-order chi connectivity index (χ0) is 19.4. The molecule has 0 saturated heterocycles. The number of carbonyl (C=O) groups excluding carboxylic acids is 2. The number of nitrogens with one attached hydrogen (secondary N) is 3. The van der Waals surface area contributed by atoms with Gasteiger partial charge in [-0.25, -0.2) is 8.42 Å². The van der Waals surface area contributed by atoms with Crippen molar-refractivity contribution in [3.63, 3.8) is 0 Å². The number of rotatable bonds is 5. The van der Waals surface area contributed by atoms with Crippen LogP contribution in [0.4, 0.5) is 0 Å². The summed E-state index contributed by atoms with van der Waals surface area (Å²) in [4.78, 5) is 27.0. The van der Waals surface area contributed by atoms with Gasteiger partial charge in [0.05, 0.1) is 16.9 Å². The number of amides is 2. The third kappa shape index (κ3) is 4.47. The molecule has 2 heterocycles. The van der Waals surface area contributed by atoms with Crippen LogP contribution in [0.3, 0.4) is 0 Å². The summed E-state index contributed by atoms with van der Waals surface area (Å²) in [6, 6.07) is 10.8. The van der Waals surface area contributed by atoms with Gasteiger partial charge in [0.15, 0.2) is 15.6 Å². The largest absolute Gasteiger partial charge is 0.459 e. The van der Waals surface area contributed by atoms with Crippen molar-refractivity contribution >= 4 is 37.6 Å². The zero-order valence-corrected chi connectivity index (χ0v) is 16.1. The van der Waals surface area contributed by atoms with Crippen LogP contribution < -0.4 is 10.9 Å². The van der Waals surface area contributed by atoms with Crippen molar-refractivity contribution in [3.05, 3.63) is 76.4 Å². The molecule has 2 aromatic heterocycles. The monoisotopic (exact) mass is 451 g/mol. The fourth-order valence-corrected chi connectivity index (χ4v) is 4.02. The molecule has 3 aromatic rings. The van der Waals surface area contributed by atoms with Crippen LogP contribution in [0.1, 0.15) is 26.6 Å². The normalized spacial score (nSPS) is 11.1. The lowest BCUT2D eigenvalue weighted by molar-refractivity contribution is 0.0828. The molecule has 1 aromatic carbocycles. The SMILES string of the molecule is O=C(NNC(=O)c1occc1CS(=O)(=O)c1ccccc1)c1cc(Br)c[nH]1. The molecule has 0 bridgehead atoms. The molecular formula is C17H14BrN3O5S. The molecule has 0 aliphatic heterocycles. The third-order valence-corrected chi connectivity index (χ3v) is 5.72. The summed E-state index contributed by atoms with van der Waals surface area (Å²) in [5.74, 6) is -1.94. The topological polar surface area (TPSA) is 121 Å². The molecule has 27 heavy (non-hydrogen) atoms. The van der Waals surface area contributed by atoms with E-state index in [1.165, 1.54) is 30.5 Å². The highest BCUT2D eigenvalue weighted by Gasteiger charge is 2.23. The van der Waals surface area contributed by atoms with Gasteiger partial charge in [-0.1, -0.05) is 18.2 Å². The Morgan fingerprint density at radius 2 is 1.78 bits per heavy atom. The molecule has 3 rings (SSSR count). The van der Waals surface area contributed by atoms with Crippen LogP contribution in [0.2, 0.25) is 0 Å². The minimum atomic E-state index is -3.65. The summed E-state index contributed by atoms with van der Waals surface area (Å²) in [7, 11) is -3.65. The summed E-state index contributed by atoms with van der Waals surface area (Å²) in [5.41, 5.74) is 4.84. The first-order valence-electron chi connectivity index (χ1n) is 7.65. The van der Waals surface area contributed by atoms with E-state index in [1.54, 1.807) is 24.4 Å². The van der Waals surface area contributed by atoms with E-state index in [0.29, 0.717) is 4.47 Å².